The topological polar surface area (TPSA) is 20.3 Å². The molecule has 0 fully saturated rings. The van der Waals surface area contributed by atoms with Gasteiger partial charge in [-0.3, -0.25) is 4.79 Å². The van der Waals surface area contributed by atoms with E-state index in [0.29, 0.717) is 6.42 Å². The zero-order chi connectivity index (χ0) is 11.1. The van der Waals surface area contributed by atoms with Crippen LogP contribution < -0.4 is 0 Å². The Labute approximate surface area is 91.9 Å². The highest BCUT2D eigenvalue weighted by Crippen LogP contribution is 2.03. The molecule has 0 aromatic heterocycles. The number of hydrogen-bond acceptors (Lipinski definition) is 2. The van der Waals surface area contributed by atoms with Crippen molar-refractivity contribution in [3.8, 4) is 0 Å². The molecule has 0 heterocycles. The van der Waals surface area contributed by atoms with Crippen LogP contribution in [0.5, 0.6) is 0 Å². The van der Waals surface area contributed by atoms with Gasteiger partial charge in [0.2, 0.25) is 0 Å². The number of benzene rings is 1. The summed E-state index contributed by atoms with van der Waals surface area (Å²) in [5, 5.41) is 0. The molecule has 1 rings (SSSR count). The van der Waals surface area contributed by atoms with Gasteiger partial charge in [0.05, 0.1) is 0 Å². The highest BCUT2D eigenvalue weighted by molar-refractivity contribution is 5.96. The maximum atomic E-state index is 11.7. The summed E-state index contributed by atoms with van der Waals surface area (Å²) >= 11 is 0. The Balaban J connectivity index is 2.37. The lowest BCUT2D eigenvalue weighted by Crippen LogP contribution is -2.22. The molecule has 0 aliphatic heterocycles. The standard InChI is InChI=1S/C13H19NO/c1-3-10-14(2)11-9-13(15)12-7-5-4-6-8-12/h4-8H,3,9-11H2,1-2H3. The number of ketones is 1. The van der Waals surface area contributed by atoms with Crippen molar-refractivity contribution in [3.63, 3.8) is 0 Å². The molecule has 0 radical (unpaired) electrons. The molecule has 0 saturated heterocycles. The van der Waals surface area contributed by atoms with E-state index in [9.17, 15) is 4.79 Å². The largest absolute Gasteiger partial charge is 0.306 e. The summed E-state index contributed by atoms with van der Waals surface area (Å²) in [4.78, 5) is 13.9. The minimum atomic E-state index is 0.235. The summed E-state index contributed by atoms with van der Waals surface area (Å²) in [5.74, 6) is 0.235. The molecule has 15 heavy (non-hydrogen) atoms. The van der Waals surface area contributed by atoms with Crippen molar-refractivity contribution < 1.29 is 4.79 Å². The molecule has 82 valence electrons. The van der Waals surface area contributed by atoms with Crippen LogP contribution in [0.3, 0.4) is 0 Å². The van der Waals surface area contributed by atoms with Gasteiger partial charge < -0.3 is 4.90 Å². The van der Waals surface area contributed by atoms with Gasteiger partial charge in [-0.1, -0.05) is 37.3 Å². The second kappa shape index (κ2) is 6.36. The third-order valence-electron chi connectivity index (χ3n) is 2.42. The normalized spacial score (nSPS) is 10.6. The van der Waals surface area contributed by atoms with E-state index in [1.54, 1.807) is 0 Å². The lowest BCUT2D eigenvalue weighted by atomic mass is 10.1. The Hall–Kier alpha value is -1.15. The Bertz CT molecular complexity index is 295. The van der Waals surface area contributed by atoms with E-state index in [2.05, 4.69) is 18.9 Å². The van der Waals surface area contributed by atoms with Crippen molar-refractivity contribution in [3.05, 3.63) is 35.9 Å². The van der Waals surface area contributed by atoms with Crippen molar-refractivity contribution >= 4 is 5.78 Å². The van der Waals surface area contributed by atoms with Crippen LogP contribution in [0.1, 0.15) is 30.1 Å². The fraction of sp³-hybridized carbons (Fsp3) is 0.462. The zero-order valence-electron chi connectivity index (χ0n) is 9.57. The molecule has 0 aliphatic rings. The van der Waals surface area contributed by atoms with E-state index >= 15 is 0 Å². The summed E-state index contributed by atoms with van der Waals surface area (Å²) in [6, 6.07) is 9.50. The number of carbonyl (C=O) groups excluding carboxylic acids is 1. The number of Topliss-reactive ketones (excluding diaryl/α,β-unsaturated/α-hetero) is 1. The molecule has 0 saturated carbocycles. The highest BCUT2D eigenvalue weighted by Gasteiger charge is 2.05. The first kappa shape index (κ1) is 11.9. The summed E-state index contributed by atoms with van der Waals surface area (Å²) < 4.78 is 0. The minimum absolute atomic E-state index is 0.235. The monoisotopic (exact) mass is 205 g/mol. The molecule has 2 heteroatoms. The van der Waals surface area contributed by atoms with Gasteiger partial charge in [-0.2, -0.15) is 0 Å². The fourth-order valence-corrected chi connectivity index (χ4v) is 1.55. The van der Waals surface area contributed by atoms with E-state index in [4.69, 9.17) is 0 Å². The molecule has 0 bridgehead atoms. The second-order valence-corrected chi connectivity index (χ2v) is 3.84. The third-order valence-corrected chi connectivity index (χ3v) is 2.42. The third kappa shape index (κ3) is 4.26. The number of carbonyl (C=O) groups is 1. The molecule has 0 unspecified atom stereocenters. The van der Waals surface area contributed by atoms with Crippen LogP contribution in [-0.2, 0) is 0 Å². The second-order valence-electron chi connectivity index (χ2n) is 3.84. The molecule has 0 spiro atoms. The highest BCUT2D eigenvalue weighted by atomic mass is 16.1. The van der Waals surface area contributed by atoms with E-state index in [1.165, 1.54) is 0 Å². The van der Waals surface area contributed by atoms with E-state index in [0.717, 1.165) is 25.1 Å². The lowest BCUT2D eigenvalue weighted by Gasteiger charge is -2.14. The maximum Gasteiger partial charge on any atom is 0.164 e. The van der Waals surface area contributed by atoms with Crippen molar-refractivity contribution in [2.24, 2.45) is 0 Å². The lowest BCUT2D eigenvalue weighted by molar-refractivity contribution is 0.0969. The fourth-order valence-electron chi connectivity index (χ4n) is 1.55. The number of nitrogens with zero attached hydrogens (tertiary/aromatic N) is 1. The molecule has 0 atom stereocenters. The number of hydrogen-bond donors (Lipinski definition) is 0. The molecule has 1 aromatic carbocycles. The van der Waals surface area contributed by atoms with Gasteiger partial charge in [0, 0.05) is 18.5 Å². The van der Waals surface area contributed by atoms with Crippen LogP contribution in [-0.4, -0.2) is 30.8 Å². The van der Waals surface area contributed by atoms with E-state index < -0.39 is 0 Å². The molecule has 2 nitrogen and oxygen atoms in total. The van der Waals surface area contributed by atoms with Gasteiger partial charge in [-0.05, 0) is 20.0 Å². The van der Waals surface area contributed by atoms with Gasteiger partial charge in [-0.25, -0.2) is 0 Å². The average Bonchev–Trinajstić information content (AvgIpc) is 2.27. The summed E-state index contributed by atoms with van der Waals surface area (Å²) in [6.45, 7) is 4.05. The minimum Gasteiger partial charge on any atom is -0.306 e. The van der Waals surface area contributed by atoms with E-state index in [-0.39, 0.29) is 5.78 Å². The van der Waals surface area contributed by atoms with Crippen molar-refractivity contribution in [1.29, 1.82) is 0 Å². The van der Waals surface area contributed by atoms with Crippen LogP contribution in [0.25, 0.3) is 0 Å². The zero-order valence-corrected chi connectivity index (χ0v) is 9.57. The van der Waals surface area contributed by atoms with Crippen molar-refractivity contribution in [2.75, 3.05) is 20.1 Å². The number of rotatable bonds is 6. The van der Waals surface area contributed by atoms with Crippen molar-refractivity contribution in [2.45, 2.75) is 19.8 Å². The smallest absolute Gasteiger partial charge is 0.164 e. The molecular formula is C13H19NO. The SMILES string of the molecule is CCCN(C)CCC(=O)c1ccccc1. The first-order valence-electron chi connectivity index (χ1n) is 5.51. The van der Waals surface area contributed by atoms with E-state index in [1.807, 2.05) is 30.3 Å². The van der Waals surface area contributed by atoms with Crippen LogP contribution in [0, 0.1) is 0 Å². The van der Waals surface area contributed by atoms with Gasteiger partial charge in [-0.15, -0.1) is 0 Å². The molecule has 0 aliphatic carbocycles. The maximum absolute atomic E-state index is 11.7. The molecular weight excluding hydrogens is 186 g/mol. The Morgan fingerprint density at radius 3 is 2.47 bits per heavy atom. The summed E-state index contributed by atoms with van der Waals surface area (Å²) in [5.41, 5.74) is 0.822. The predicted molar refractivity (Wildman–Crippen MR) is 63.2 cm³/mol. The van der Waals surface area contributed by atoms with Crippen LogP contribution >= 0.6 is 0 Å². The van der Waals surface area contributed by atoms with Crippen LogP contribution in [0.15, 0.2) is 30.3 Å². The first-order chi connectivity index (χ1) is 7.24. The molecule has 0 amide bonds. The predicted octanol–water partition coefficient (Wildman–Crippen LogP) is 2.60. The Kier molecular flexibility index (Phi) is 5.05. The van der Waals surface area contributed by atoms with Gasteiger partial charge >= 0.3 is 0 Å². The Morgan fingerprint density at radius 1 is 1.20 bits per heavy atom. The molecule has 0 N–H and O–H groups in total. The van der Waals surface area contributed by atoms with Crippen LogP contribution in [0.4, 0.5) is 0 Å². The molecule has 1 aromatic rings. The van der Waals surface area contributed by atoms with Gasteiger partial charge in [0.1, 0.15) is 0 Å². The Morgan fingerprint density at radius 2 is 1.87 bits per heavy atom. The van der Waals surface area contributed by atoms with Crippen molar-refractivity contribution in [1.82, 2.24) is 4.90 Å². The summed E-state index contributed by atoms with van der Waals surface area (Å²) in [6.07, 6.45) is 1.75. The van der Waals surface area contributed by atoms with Gasteiger partial charge in [0.15, 0.2) is 5.78 Å². The average molecular weight is 205 g/mol. The van der Waals surface area contributed by atoms with Crippen LogP contribution in [0.2, 0.25) is 0 Å². The first-order valence-corrected chi connectivity index (χ1v) is 5.51. The summed E-state index contributed by atoms with van der Waals surface area (Å²) in [7, 11) is 2.06. The quantitative estimate of drug-likeness (QED) is 0.665. The van der Waals surface area contributed by atoms with Gasteiger partial charge in [0.25, 0.3) is 0 Å².